The second-order valence-electron chi connectivity index (χ2n) is 4.52. The Labute approximate surface area is 105 Å². The molecule has 1 heterocycles. The lowest BCUT2D eigenvalue weighted by atomic mass is 10.1. The van der Waals surface area contributed by atoms with Crippen LogP contribution in [-0.4, -0.2) is 29.8 Å². The van der Waals surface area contributed by atoms with E-state index in [1.165, 1.54) is 12.1 Å². The molecule has 0 N–H and O–H groups in total. The molecular formula is C13H15ClFNO. The first kappa shape index (κ1) is 12.4. The van der Waals surface area contributed by atoms with E-state index in [4.69, 9.17) is 11.6 Å². The number of likely N-dealkylation sites (tertiary alicyclic amines) is 1. The Morgan fingerprint density at radius 3 is 2.94 bits per heavy atom. The molecule has 2 rings (SSSR count). The quantitative estimate of drug-likeness (QED) is 0.744. The van der Waals surface area contributed by atoms with E-state index in [-0.39, 0.29) is 11.7 Å². The van der Waals surface area contributed by atoms with E-state index in [1.54, 1.807) is 17.9 Å². The van der Waals surface area contributed by atoms with Crippen LogP contribution < -0.4 is 0 Å². The minimum Gasteiger partial charge on any atom is -0.338 e. The molecule has 0 saturated carbocycles. The highest BCUT2D eigenvalue weighted by atomic mass is 35.5. The summed E-state index contributed by atoms with van der Waals surface area (Å²) in [7, 11) is 0. The number of hydrogen-bond donors (Lipinski definition) is 0. The van der Waals surface area contributed by atoms with Crippen LogP contribution >= 0.6 is 11.6 Å². The summed E-state index contributed by atoms with van der Waals surface area (Å²) in [6.07, 6.45) is 0.954. The Kier molecular flexibility index (Phi) is 3.67. The maximum Gasteiger partial charge on any atom is 0.254 e. The maximum absolute atomic E-state index is 13.0. The van der Waals surface area contributed by atoms with Gasteiger partial charge in [0.25, 0.3) is 5.91 Å². The third kappa shape index (κ3) is 2.60. The van der Waals surface area contributed by atoms with E-state index < -0.39 is 0 Å². The first-order valence-corrected chi connectivity index (χ1v) is 6.26. The van der Waals surface area contributed by atoms with Crippen LogP contribution in [0.5, 0.6) is 0 Å². The van der Waals surface area contributed by atoms with E-state index in [0.29, 0.717) is 29.5 Å². The van der Waals surface area contributed by atoms with Crippen LogP contribution in [0.2, 0.25) is 0 Å². The number of aryl methyl sites for hydroxylation is 1. The summed E-state index contributed by atoms with van der Waals surface area (Å²) in [5, 5.41) is 0. The molecule has 1 saturated heterocycles. The van der Waals surface area contributed by atoms with Gasteiger partial charge in [-0.25, -0.2) is 4.39 Å². The number of rotatable bonds is 2. The second kappa shape index (κ2) is 5.05. The smallest absolute Gasteiger partial charge is 0.254 e. The topological polar surface area (TPSA) is 20.3 Å². The van der Waals surface area contributed by atoms with Crippen molar-refractivity contribution in [2.45, 2.75) is 13.3 Å². The van der Waals surface area contributed by atoms with Gasteiger partial charge in [-0.1, -0.05) is 0 Å². The van der Waals surface area contributed by atoms with Crippen LogP contribution in [0.1, 0.15) is 22.3 Å². The predicted octanol–water partition coefficient (Wildman–Crippen LogP) is 2.84. The average Bonchev–Trinajstić information content (AvgIpc) is 2.76. The van der Waals surface area contributed by atoms with Gasteiger partial charge in [-0.05, 0) is 43.0 Å². The molecule has 0 bridgehead atoms. The molecule has 0 aromatic heterocycles. The summed E-state index contributed by atoms with van der Waals surface area (Å²) >= 11 is 5.79. The van der Waals surface area contributed by atoms with Gasteiger partial charge in [0.2, 0.25) is 0 Å². The van der Waals surface area contributed by atoms with Gasteiger partial charge in [0.1, 0.15) is 5.82 Å². The van der Waals surface area contributed by atoms with Gasteiger partial charge >= 0.3 is 0 Å². The lowest BCUT2D eigenvalue weighted by Gasteiger charge is -2.17. The van der Waals surface area contributed by atoms with Gasteiger partial charge in [-0.3, -0.25) is 4.79 Å². The lowest BCUT2D eigenvalue weighted by molar-refractivity contribution is 0.0787. The highest BCUT2D eigenvalue weighted by Crippen LogP contribution is 2.21. The van der Waals surface area contributed by atoms with Crippen molar-refractivity contribution in [1.29, 1.82) is 0 Å². The molecular weight excluding hydrogens is 241 g/mol. The number of carbonyl (C=O) groups is 1. The zero-order chi connectivity index (χ0) is 12.4. The first-order chi connectivity index (χ1) is 8.11. The summed E-state index contributed by atoms with van der Waals surface area (Å²) in [4.78, 5) is 14.0. The van der Waals surface area contributed by atoms with Crippen molar-refractivity contribution < 1.29 is 9.18 Å². The summed E-state index contributed by atoms with van der Waals surface area (Å²) in [5.41, 5.74) is 1.27. The summed E-state index contributed by atoms with van der Waals surface area (Å²) < 4.78 is 13.0. The molecule has 1 unspecified atom stereocenters. The van der Waals surface area contributed by atoms with Crippen LogP contribution in [0.25, 0.3) is 0 Å². The zero-order valence-electron chi connectivity index (χ0n) is 9.75. The van der Waals surface area contributed by atoms with Crippen molar-refractivity contribution >= 4 is 17.5 Å². The number of carbonyl (C=O) groups excluding carboxylic acids is 1. The molecule has 1 fully saturated rings. The van der Waals surface area contributed by atoms with Crippen LogP contribution in [0, 0.1) is 18.7 Å². The van der Waals surface area contributed by atoms with E-state index in [1.807, 2.05) is 0 Å². The Balaban J connectivity index is 2.15. The highest BCUT2D eigenvalue weighted by Gasteiger charge is 2.26. The number of benzene rings is 1. The Morgan fingerprint density at radius 2 is 2.35 bits per heavy atom. The van der Waals surface area contributed by atoms with Crippen molar-refractivity contribution in [1.82, 2.24) is 4.90 Å². The van der Waals surface area contributed by atoms with Gasteiger partial charge in [0.15, 0.2) is 0 Å². The minimum atomic E-state index is -0.306. The Hall–Kier alpha value is -1.09. The highest BCUT2D eigenvalue weighted by molar-refractivity contribution is 6.18. The van der Waals surface area contributed by atoms with Crippen LogP contribution in [-0.2, 0) is 0 Å². The van der Waals surface area contributed by atoms with E-state index >= 15 is 0 Å². The molecule has 4 heteroatoms. The van der Waals surface area contributed by atoms with Crippen LogP contribution in [0.4, 0.5) is 4.39 Å². The standard InChI is InChI=1S/C13H15ClFNO/c1-9-6-11(15)2-3-12(9)13(17)16-5-4-10(7-14)8-16/h2-3,6,10H,4-5,7-8H2,1H3. The molecule has 1 aromatic rings. The predicted molar refractivity (Wildman–Crippen MR) is 65.9 cm³/mol. The van der Waals surface area contributed by atoms with Crippen molar-refractivity contribution in [3.05, 3.63) is 35.1 Å². The minimum absolute atomic E-state index is 0.0184. The van der Waals surface area contributed by atoms with Crippen molar-refractivity contribution in [3.63, 3.8) is 0 Å². The van der Waals surface area contributed by atoms with E-state index in [0.717, 1.165) is 13.0 Å². The molecule has 1 atom stereocenters. The van der Waals surface area contributed by atoms with Crippen molar-refractivity contribution in [2.75, 3.05) is 19.0 Å². The summed E-state index contributed by atoms with van der Waals surface area (Å²) in [6, 6.07) is 4.28. The Bertz CT molecular complexity index is 435. The average molecular weight is 256 g/mol. The molecule has 1 aliphatic rings. The molecule has 17 heavy (non-hydrogen) atoms. The second-order valence-corrected chi connectivity index (χ2v) is 4.83. The molecule has 1 aliphatic heterocycles. The number of alkyl halides is 1. The van der Waals surface area contributed by atoms with Gasteiger partial charge in [-0.15, -0.1) is 11.6 Å². The molecule has 0 aliphatic carbocycles. The normalized spacial score (nSPS) is 19.7. The SMILES string of the molecule is Cc1cc(F)ccc1C(=O)N1CCC(CCl)C1. The van der Waals surface area contributed by atoms with E-state index in [2.05, 4.69) is 0 Å². The monoisotopic (exact) mass is 255 g/mol. The largest absolute Gasteiger partial charge is 0.338 e. The summed E-state index contributed by atoms with van der Waals surface area (Å²) in [5.74, 6) is 0.655. The number of hydrogen-bond acceptors (Lipinski definition) is 1. The molecule has 2 nitrogen and oxygen atoms in total. The summed E-state index contributed by atoms with van der Waals surface area (Å²) in [6.45, 7) is 3.21. The van der Waals surface area contributed by atoms with Gasteiger partial charge in [0.05, 0.1) is 0 Å². The van der Waals surface area contributed by atoms with Gasteiger partial charge < -0.3 is 4.90 Å². The first-order valence-electron chi connectivity index (χ1n) is 5.73. The number of halogens is 2. The van der Waals surface area contributed by atoms with Crippen LogP contribution in [0.3, 0.4) is 0 Å². The Morgan fingerprint density at radius 1 is 1.59 bits per heavy atom. The lowest BCUT2D eigenvalue weighted by Crippen LogP contribution is -2.29. The molecule has 0 radical (unpaired) electrons. The van der Waals surface area contributed by atoms with Crippen molar-refractivity contribution in [2.24, 2.45) is 5.92 Å². The third-order valence-corrected chi connectivity index (χ3v) is 3.65. The fraction of sp³-hybridized carbons (Fsp3) is 0.462. The van der Waals surface area contributed by atoms with Crippen molar-refractivity contribution in [3.8, 4) is 0 Å². The fourth-order valence-corrected chi connectivity index (χ4v) is 2.43. The molecule has 1 aromatic carbocycles. The fourth-order valence-electron chi connectivity index (χ4n) is 2.18. The van der Waals surface area contributed by atoms with Crippen LogP contribution in [0.15, 0.2) is 18.2 Å². The van der Waals surface area contributed by atoms with E-state index in [9.17, 15) is 9.18 Å². The number of nitrogens with zero attached hydrogens (tertiary/aromatic N) is 1. The maximum atomic E-state index is 13.0. The molecule has 0 spiro atoms. The molecule has 1 amide bonds. The zero-order valence-corrected chi connectivity index (χ0v) is 10.5. The third-order valence-electron chi connectivity index (χ3n) is 3.21. The molecule has 92 valence electrons. The van der Waals surface area contributed by atoms with Gasteiger partial charge in [-0.2, -0.15) is 0 Å². The number of amides is 1. The van der Waals surface area contributed by atoms with Gasteiger partial charge in [0, 0.05) is 24.5 Å².